The van der Waals surface area contributed by atoms with Crippen LogP contribution in [0.15, 0.2) is 77.7 Å². The molecule has 0 saturated heterocycles. The highest BCUT2D eigenvalue weighted by molar-refractivity contribution is 7.92. The quantitative estimate of drug-likeness (QED) is 0.562. The van der Waals surface area contributed by atoms with E-state index in [9.17, 15) is 13.2 Å². The van der Waals surface area contributed by atoms with Crippen molar-refractivity contribution in [1.29, 1.82) is 0 Å². The highest BCUT2D eigenvalue weighted by Gasteiger charge is 2.18. The Morgan fingerprint density at radius 1 is 0.967 bits per heavy atom. The van der Waals surface area contributed by atoms with E-state index in [1.165, 1.54) is 25.3 Å². The Hall–Kier alpha value is -3.32. The molecule has 0 heterocycles. The molecule has 6 nitrogen and oxygen atoms in total. The summed E-state index contributed by atoms with van der Waals surface area (Å²) in [6.07, 6.45) is 0.921. The van der Waals surface area contributed by atoms with E-state index in [-0.39, 0.29) is 16.6 Å². The summed E-state index contributed by atoms with van der Waals surface area (Å²) in [5.74, 6) is 0.0976. The molecule has 0 fully saturated rings. The Bertz CT molecular complexity index is 1110. The Morgan fingerprint density at radius 3 is 2.33 bits per heavy atom. The number of amides is 1. The summed E-state index contributed by atoms with van der Waals surface area (Å²) in [5, 5.41) is 2.79. The molecule has 0 aromatic heterocycles. The maximum atomic E-state index is 12.7. The fraction of sp³-hybridized carbons (Fsp3) is 0.174. The van der Waals surface area contributed by atoms with Gasteiger partial charge in [0.05, 0.1) is 17.7 Å². The van der Waals surface area contributed by atoms with Crippen molar-refractivity contribution >= 4 is 27.3 Å². The van der Waals surface area contributed by atoms with Crippen LogP contribution in [0.3, 0.4) is 0 Å². The lowest BCUT2D eigenvalue weighted by molar-refractivity contribution is -0.116. The third-order valence-corrected chi connectivity index (χ3v) is 5.92. The van der Waals surface area contributed by atoms with Crippen LogP contribution in [0.25, 0.3) is 0 Å². The third-order valence-electron chi connectivity index (χ3n) is 4.54. The molecule has 0 aliphatic carbocycles. The van der Waals surface area contributed by atoms with Crippen LogP contribution < -0.4 is 14.8 Å². The van der Waals surface area contributed by atoms with Gasteiger partial charge in [0.15, 0.2) is 0 Å². The monoisotopic (exact) mass is 424 g/mol. The van der Waals surface area contributed by atoms with Crippen molar-refractivity contribution in [2.75, 3.05) is 17.1 Å². The van der Waals surface area contributed by atoms with Gasteiger partial charge < -0.3 is 10.1 Å². The maximum Gasteiger partial charge on any atom is 0.262 e. The number of carbonyl (C=O) groups excluding carboxylic acids is 1. The summed E-state index contributed by atoms with van der Waals surface area (Å²) in [5.41, 5.74) is 3.00. The summed E-state index contributed by atoms with van der Waals surface area (Å²) in [4.78, 5) is 12.4. The van der Waals surface area contributed by atoms with E-state index < -0.39 is 10.0 Å². The largest absolute Gasteiger partial charge is 0.495 e. The zero-order valence-corrected chi connectivity index (χ0v) is 17.7. The first-order valence-corrected chi connectivity index (χ1v) is 11.0. The fourth-order valence-corrected chi connectivity index (χ4v) is 3.97. The first-order chi connectivity index (χ1) is 14.4. The van der Waals surface area contributed by atoms with Crippen molar-refractivity contribution < 1.29 is 17.9 Å². The van der Waals surface area contributed by atoms with Gasteiger partial charge >= 0.3 is 0 Å². The zero-order valence-electron chi connectivity index (χ0n) is 16.9. The molecule has 3 aromatic rings. The number of aryl methyl sites for hydroxylation is 2. The van der Waals surface area contributed by atoms with Crippen molar-refractivity contribution in [2.24, 2.45) is 0 Å². The van der Waals surface area contributed by atoms with Crippen LogP contribution in [0.1, 0.15) is 17.5 Å². The van der Waals surface area contributed by atoms with E-state index in [1.807, 2.05) is 49.4 Å². The number of sulfonamides is 1. The van der Waals surface area contributed by atoms with Gasteiger partial charge in [-0.3, -0.25) is 9.52 Å². The van der Waals surface area contributed by atoms with Gasteiger partial charge in [0.2, 0.25) is 5.91 Å². The standard InChI is InChI=1S/C23H24N2O4S/c1-17-8-11-19(12-9-17)25-30(27,28)20-13-14-21(22(16-20)29-2)24-23(26)15-10-18-6-4-3-5-7-18/h3-9,11-14,16,25H,10,15H2,1-2H3,(H,24,26). The first-order valence-electron chi connectivity index (χ1n) is 9.49. The van der Waals surface area contributed by atoms with Crippen molar-refractivity contribution in [3.05, 3.63) is 83.9 Å². The van der Waals surface area contributed by atoms with E-state index in [2.05, 4.69) is 10.0 Å². The summed E-state index contributed by atoms with van der Waals surface area (Å²) >= 11 is 0. The number of ether oxygens (including phenoxy) is 1. The maximum absolute atomic E-state index is 12.7. The van der Waals surface area contributed by atoms with Gasteiger partial charge in [-0.2, -0.15) is 0 Å². The van der Waals surface area contributed by atoms with Crippen LogP contribution in [0.5, 0.6) is 5.75 Å². The predicted molar refractivity (Wildman–Crippen MR) is 118 cm³/mol. The smallest absolute Gasteiger partial charge is 0.262 e. The molecule has 0 saturated carbocycles. The second kappa shape index (κ2) is 9.45. The molecule has 0 bridgehead atoms. The number of hydrogen-bond acceptors (Lipinski definition) is 4. The molecule has 3 rings (SSSR count). The number of benzene rings is 3. The van der Waals surface area contributed by atoms with Gasteiger partial charge in [0.25, 0.3) is 10.0 Å². The minimum absolute atomic E-state index is 0.0437. The van der Waals surface area contributed by atoms with E-state index in [0.717, 1.165) is 11.1 Å². The second-order valence-corrected chi connectivity index (χ2v) is 8.55. The number of rotatable bonds is 8. The molecule has 0 aliphatic heterocycles. The van der Waals surface area contributed by atoms with Gasteiger partial charge in [-0.15, -0.1) is 0 Å². The van der Waals surface area contributed by atoms with Crippen LogP contribution in [0, 0.1) is 6.92 Å². The van der Waals surface area contributed by atoms with Crippen LogP contribution in [-0.2, 0) is 21.2 Å². The molecule has 0 spiro atoms. The van der Waals surface area contributed by atoms with E-state index in [4.69, 9.17) is 4.74 Å². The molecule has 30 heavy (non-hydrogen) atoms. The summed E-state index contributed by atoms with van der Waals surface area (Å²) in [6.45, 7) is 1.93. The minimum Gasteiger partial charge on any atom is -0.495 e. The van der Waals surface area contributed by atoms with Crippen molar-refractivity contribution in [2.45, 2.75) is 24.7 Å². The van der Waals surface area contributed by atoms with E-state index >= 15 is 0 Å². The summed E-state index contributed by atoms with van der Waals surface area (Å²) in [6, 6.07) is 21.1. The number of methoxy groups -OCH3 is 1. The number of anilines is 2. The van der Waals surface area contributed by atoms with Crippen LogP contribution in [0.4, 0.5) is 11.4 Å². The molecular formula is C23H24N2O4S. The third kappa shape index (κ3) is 5.61. The molecule has 0 aliphatic rings. The van der Waals surface area contributed by atoms with E-state index in [1.54, 1.807) is 12.1 Å². The molecule has 3 aromatic carbocycles. The highest BCUT2D eigenvalue weighted by atomic mass is 32.2. The van der Waals surface area contributed by atoms with Crippen LogP contribution in [-0.4, -0.2) is 21.4 Å². The number of hydrogen-bond donors (Lipinski definition) is 2. The fourth-order valence-electron chi connectivity index (χ4n) is 2.89. The van der Waals surface area contributed by atoms with Crippen LogP contribution >= 0.6 is 0 Å². The van der Waals surface area contributed by atoms with Gasteiger partial charge in [-0.1, -0.05) is 48.0 Å². The van der Waals surface area contributed by atoms with Crippen molar-refractivity contribution in [1.82, 2.24) is 0 Å². The van der Waals surface area contributed by atoms with Crippen LogP contribution in [0.2, 0.25) is 0 Å². The lowest BCUT2D eigenvalue weighted by Crippen LogP contribution is -2.15. The van der Waals surface area contributed by atoms with Gasteiger partial charge in [-0.05, 0) is 43.2 Å². The molecule has 0 unspecified atom stereocenters. The highest BCUT2D eigenvalue weighted by Crippen LogP contribution is 2.29. The Kier molecular flexibility index (Phi) is 6.74. The predicted octanol–water partition coefficient (Wildman–Crippen LogP) is 4.38. The molecule has 0 atom stereocenters. The molecule has 2 N–H and O–H groups in total. The molecular weight excluding hydrogens is 400 g/mol. The lowest BCUT2D eigenvalue weighted by Gasteiger charge is -2.13. The Labute approximate surface area is 177 Å². The Morgan fingerprint density at radius 2 is 1.67 bits per heavy atom. The second-order valence-electron chi connectivity index (χ2n) is 6.87. The zero-order chi connectivity index (χ0) is 21.6. The normalized spacial score (nSPS) is 11.0. The van der Waals surface area contributed by atoms with Gasteiger partial charge in [0, 0.05) is 18.2 Å². The molecule has 1 amide bonds. The van der Waals surface area contributed by atoms with Crippen molar-refractivity contribution in [3.8, 4) is 5.75 Å². The average molecular weight is 425 g/mol. The number of nitrogens with one attached hydrogen (secondary N) is 2. The number of carbonyl (C=O) groups is 1. The minimum atomic E-state index is -3.79. The SMILES string of the molecule is COc1cc(S(=O)(=O)Nc2ccc(C)cc2)ccc1NC(=O)CCc1ccccc1. The summed E-state index contributed by atoms with van der Waals surface area (Å²) in [7, 11) is -2.36. The average Bonchev–Trinajstić information content (AvgIpc) is 2.74. The topological polar surface area (TPSA) is 84.5 Å². The lowest BCUT2D eigenvalue weighted by atomic mass is 10.1. The molecule has 0 radical (unpaired) electrons. The Balaban J connectivity index is 1.70. The van der Waals surface area contributed by atoms with Gasteiger partial charge in [-0.25, -0.2) is 8.42 Å². The van der Waals surface area contributed by atoms with E-state index in [0.29, 0.717) is 24.2 Å². The molecule has 7 heteroatoms. The van der Waals surface area contributed by atoms with Crippen molar-refractivity contribution in [3.63, 3.8) is 0 Å². The first kappa shape index (κ1) is 21.4. The van der Waals surface area contributed by atoms with Gasteiger partial charge in [0.1, 0.15) is 5.75 Å². The summed E-state index contributed by atoms with van der Waals surface area (Å²) < 4.78 is 33.2. The molecule has 156 valence electrons.